The average Bonchev–Trinajstić information content (AvgIpc) is 2.60. The van der Waals surface area contributed by atoms with E-state index in [0.29, 0.717) is 24.9 Å². The molecule has 1 aromatic carbocycles. The molecule has 0 fully saturated rings. The Morgan fingerprint density at radius 1 is 1.00 bits per heavy atom. The number of aromatic nitrogens is 2. The van der Waals surface area contributed by atoms with Gasteiger partial charge in [0.2, 0.25) is 0 Å². The minimum Gasteiger partial charge on any atom is -0.264 e. The number of pyridine rings is 2. The number of rotatable bonds is 2. The van der Waals surface area contributed by atoms with E-state index in [-0.39, 0.29) is 5.03 Å². The van der Waals surface area contributed by atoms with Crippen LogP contribution in [-0.4, -0.2) is 29.2 Å². The smallest absolute Gasteiger partial charge is 0.261 e. The maximum Gasteiger partial charge on any atom is 0.261 e. The summed E-state index contributed by atoms with van der Waals surface area (Å²) in [4.78, 5) is 8.26. The Morgan fingerprint density at radius 2 is 1.87 bits per heavy atom. The van der Waals surface area contributed by atoms with Crippen molar-refractivity contribution >= 4 is 20.8 Å². The Hall–Kier alpha value is -2.31. The molecule has 0 spiro atoms. The zero-order chi connectivity index (χ0) is 15.9. The van der Waals surface area contributed by atoms with E-state index in [1.807, 2.05) is 30.3 Å². The molecule has 0 aliphatic carbocycles. The molecule has 0 amide bonds. The van der Waals surface area contributed by atoms with Crippen molar-refractivity contribution in [2.24, 2.45) is 0 Å². The van der Waals surface area contributed by atoms with Crippen molar-refractivity contribution in [2.75, 3.05) is 6.54 Å². The Kier molecular flexibility index (Phi) is 3.36. The van der Waals surface area contributed by atoms with Crippen LogP contribution in [-0.2, 0) is 23.0 Å². The van der Waals surface area contributed by atoms with Gasteiger partial charge in [0.05, 0.1) is 0 Å². The maximum atomic E-state index is 13.1. The second kappa shape index (κ2) is 5.40. The molecule has 4 rings (SSSR count). The average molecular weight is 325 g/mol. The molecule has 23 heavy (non-hydrogen) atoms. The first-order valence-electron chi connectivity index (χ1n) is 7.42. The first-order chi connectivity index (χ1) is 11.2. The molecule has 1 aliphatic rings. The van der Waals surface area contributed by atoms with Gasteiger partial charge in [0, 0.05) is 37.1 Å². The van der Waals surface area contributed by atoms with E-state index in [4.69, 9.17) is 0 Å². The van der Waals surface area contributed by atoms with Gasteiger partial charge in [-0.3, -0.25) is 4.98 Å². The number of sulfonamides is 1. The van der Waals surface area contributed by atoms with Crippen molar-refractivity contribution in [1.29, 1.82) is 0 Å². The third-order valence-corrected chi connectivity index (χ3v) is 6.01. The van der Waals surface area contributed by atoms with Crippen molar-refractivity contribution in [3.05, 3.63) is 66.1 Å². The van der Waals surface area contributed by atoms with Crippen molar-refractivity contribution in [3.63, 3.8) is 0 Å². The molecular weight excluding hydrogens is 310 g/mol. The molecule has 1 aliphatic heterocycles. The van der Waals surface area contributed by atoms with Crippen LogP contribution < -0.4 is 0 Å². The fourth-order valence-corrected chi connectivity index (χ4v) is 4.52. The van der Waals surface area contributed by atoms with Crippen molar-refractivity contribution < 1.29 is 8.42 Å². The number of hydrogen-bond acceptors (Lipinski definition) is 4. The van der Waals surface area contributed by atoms with Crippen LogP contribution in [0.2, 0.25) is 0 Å². The Labute approximate surface area is 134 Å². The quantitative estimate of drug-likeness (QED) is 0.726. The topological polar surface area (TPSA) is 63.2 Å². The lowest BCUT2D eigenvalue weighted by molar-refractivity contribution is 0.389. The highest BCUT2D eigenvalue weighted by atomic mass is 32.2. The standard InChI is InChI=1S/C17H15N3O2S/c21-23(22,17-16-4-2-1-3-14(16)6-9-19-17)20-10-7-13-5-8-18-11-15(13)12-20/h1-6,8-9,11H,7,10,12H2. The van der Waals surface area contributed by atoms with E-state index in [1.165, 1.54) is 4.31 Å². The SMILES string of the molecule is O=S(=O)(c1nccc2ccccc12)N1CCc2ccncc2C1. The highest BCUT2D eigenvalue weighted by Crippen LogP contribution is 2.27. The maximum absolute atomic E-state index is 13.1. The molecule has 3 aromatic rings. The molecule has 0 radical (unpaired) electrons. The van der Waals surface area contributed by atoms with Gasteiger partial charge in [0.25, 0.3) is 10.0 Å². The normalized spacial score (nSPS) is 15.5. The van der Waals surface area contributed by atoms with Crippen molar-refractivity contribution in [3.8, 4) is 0 Å². The predicted molar refractivity (Wildman–Crippen MR) is 87.3 cm³/mol. The summed E-state index contributed by atoms with van der Waals surface area (Å²) in [5.41, 5.74) is 2.12. The number of benzene rings is 1. The van der Waals surface area contributed by atoms with Crippen LogP contribution in [0.3, 0.4) is 0 Å². The second-order valence-corrected chi connectivity index (χ2v) is 7.42. The summed E-state index contributed by atoms with van der Waals surface area (Å²) >= 11 is 0. The molecule has 0 saturated carbocycles. The van der Waals surface area contributed by atoms with Gasteiger partial charge in [-0.1, -0.05) is 24.3 Å². The van der Waals surface area contributed by atoms with Crippen LogP contribution >= 0.6 is 0 Å². The summed E-state index contributed by atoms with van der Waals surface area (Å²) < 4.78 is 27.6. The van der Waals surface area contributed by atoms with Crippen molar-refractivity contribution in [1.82, 2.24) is 14.3 Å². The largest absolute Gasteiger partial charge is 0.264 e. The van der Waals surface area contributed by atoms with Crippen LogP contribution in [0.5, 0.6) is 0 Å². The first kappa shape index (κ1) is 14.3. The number of fused-ring (bicyclic) bond motifs is 2. The summed E-state index contributed by atoms with van der Waals surface area (Å²) in [6, 6.07) is 11.2. The Balaban J connectivity index is 1.79. The monoisotopic (exact) mass is 325 g/mol. The summed E-state index contributed by atoms with van der Waals surface area (Å²) in [5.74, 6) is 0. The summed E-state index contributed by atoms with van der Waals surface area (Å²) in [7, 11) is -3.64. The summed E-state index contributed by atoms with van der Waals surface area (Å²) in [6.45, 7) is 0.806. The van der Waals surface area contributed by atoms with Crippen LogP contribution in [0.4, 0.5) is 0 Å². The van der Waals surface area contributed by atoms with E-state index in [0.717, 1.165) is 16.5 Å². The highest BCUT2D eigenvalue weighted by Gasteiger charge is 2.30. The van der Waals surface area contributed by atoms with Crippen LogP contribution in [0.15, 0.2) is 60.0 Å². The lowest BCUT2D eigenvalue weighted by Crippen LogP contribution is -2.36. The van der Waals surface area contributed by atoms with E-state index in [2.05, 4.69) is 9.97 Å². The van der Waals surface area contributed by atoms with Gasteiger partial charge in [-0.2, -0.15) is 4.31 Å². The molecule has 2 aromatic heterocycles. The third-order valence-electron chi connectivity index (χ3n) is 4.20. The van der Waals surface area contributed by atoms with Crippen LogP contribution in [0.1, 0.15) is 11.1 Å². The molecule has 0 unspecified atom stereocenters. The van der Waals surface area contributed by atoms with Gasteiger partial charge >= 0.3 is 0 Å². The molecule has 3 heterocycles. The predicted octanol–water partition coefficient (Wildman–Crippen LogP) is 2.38. The molecule has 5 nitrogen and oxygen atoms in total. The van der Waals surface area contributed by atoms with Crippen LogP contribution in [0, 0.1) is 0 Å². The molecule has 6 heteroatoms. The second-order valence-electron chi connectivity index (χ2n) is 5.57. The minimum atomic E-state index is -3.64. The Morgan fingerprint density at radius 3 is 2.78 bits per heavy atom. The Bertz CT molecular complexity index is 981. The number of hydrogen-bond donors (Lipinski definition) is 0. The van der Waals surface area contributed by atoms with Gasteiger partial charge in [0.1, 0.15) is 0 Å². The molecule has 0 saturated heterocycles. The third kappa shape index (κ3) is 2.40. The van der Waals surface area contributed by atoms with E-state index >= 15 is 0 Å². The van der Waals surface area contributed by atoms with E-state index in [1.54, 1.807) is 24.7 Å². The lowest BCUT2D eigenvalue weighted by Gasteiger charge is -2.27. The minimum absolute atomic E-state index is 0.128. The van der Waals surface area contributed by atoms with Gasteiger partial charge in [-0.25, -0.2) is 13.4 Å². The highest BCUT2D eigenvalue weighted by molar-refractivity contribution is 7.89. The van der Waals surface area contributed by atoms with Gasteiger partial charge in [-0.05, 0) is 35.1 Å². The lowest BCUT2D eigenvalue weighted by atomic mass is 10.0. The fourth-order valence-electron chi connectivity index (χ4n) is 2.98. The van der Waals surface area contributed by atoms with E-state index in [9.17, 15) is 8.42 Å². The van der Waals surface area contributed by atoms with Crippen molar-refractivity contribution in [2.45, 2.75) is 18.0 Å². The zero-order valence-corrected chi connectivity index (χ0v) is 13.2. The van der Waals surface area contributed by atoms with Gasteiger partial charge in [-0.15, -0.1) is 0 Å². The summed E-state index contributed by atoms with van der Waals surface area (Å²) in [5, 5.41) is 1.66. The van der Waals surface area contributed by atoms with Crippen LogP contribution in [0.25, 0.3) is 10.8 Å². The molecular formula is C17H15N3O2S. The van der Waals surface area contributed by atoms with Gasteiger partial charge in [0.15, 0.2) is 5.03 Å². The van der Waals surface area contributed by atoms with Gasteiger partial charge < -0.3 is 0 Å². The summed E-state index contributed by atoms with van der Waals surface area (Å²) in [6.07, 6.45) is 5.74. The number of nitrogens with zero attached hydrogens (tertiary/aromatic N) is 3. The first-order valence-corrected chi connectivity index (χ1v) is 8.86. The molecule has 0 atom stereocenters. The molecule has 0 bridgehead atoms. The zero-order valence-electron chi connectivity index (χ0n) is 12.4. The van der Waals surface area contributed by atoms with E-state index < -0.39 is 10.0 Å². The molecule has 0 N–H and O–H groups in total. The fraction of sp³-hybridized carbons (Fsp3) is 0.176. The molecule has 116 valence electrons.